The zero-order valence-corrected chi connectivity index (χ0v) is 11.1. The summed E-state index contributed by atoms with van der Waals surface area (Å²) in [5.41, 5.74) is 7.72. The lowest BCUT2D eigenvalue weighted by Crippen LogP contribution is -2.12. The summed E-state index contributed by atoms with van der Waals surface area (Å²) in [5.74, 6) is 0.770. The molecule has 0 saturated heterocycles. The van der Waals surface area contributed by atoms with Crippen LogP contribution in [0.1, 0.15) is 27.2 Å². The third kappa shape index (κ3) is 3.06. The molecule has 96 valence electrons. The Morgan fingerprint density at radius 2 is 2.06 bits per heavy atom. The highest BCUT2D eigenvalue weighted by Gasteiger charge is 2.14. The average Bonchev–Trinajstić information content (AvgIpc) is 2.73. The lowest BCUT2D eigenvalue weighted by molar-refractivity contribution is 0.340. The second-order valence-electron chi connectivity index (χ2n) is 5.66. The number of nitrogens with zero attached hydrogens (tertiary/aromatic N) is 4. The van der Waals surface area contributed by atoms with Gasteiger partial charge in [-0.2, -0.15) is 0 Å². The van der Waals surface area contributed by atoms with Crippen LogP contribution in [-0.4, -0.2) is 20.2 Å². The van der Waals surface area contributed by atoms with E-state index < -0.39 is 0 Å². The number of nitrogen functional groups attached to an aromatic ring is 1. The Balaban J connectivity index is 2.23. The zero-order valence-electron chi connectivity index (χ0n) is 11.1. The van der Waals surface area contributed by atoms with Crippen molar-refractivity contribution in [1.29, 1.82) is 0 Å². The maximum absolute atomic E-state index is 5.78. The van der Waals surface area contributed by atoms with Gasteiger partial charge in [-0.1, -0.05) is 32.9 Å². The van der Waals surface area contributed by atoms with Gasteiger partial charge in [-0.25, -0.2) is 4.68 Å². The molecule has 0 aliphatic heterocycles. The third-order valence-electron chi connectivity index (χ3n) is 2.75. The number of aryl methyl sites for hydroxylation is 1. The Bertz CT molecular complexity index is 524. The fraction of sp³-hybridized carbons (Fsp3) is 0.462. The minimum Gasteiger partial charge on any atom is -0.399 e. The van der Waals surface area contributed by atoms with E-state index >= 15 is 0 Å². The maximum Gasteiger partial charge on any atom is 0.182 e. The van der Waals surface area contributed by atoms with Crippen LogP contribution in [0.5, 0.6) is 0 Å². The van der Waals surface area contributed by atoms with Crippen molar-refractivity contribution < 1.29 is 0 Å². The Hall–Kier alpha value is -1.91. The molecule has 18 heavy (non-hydrogen) atoms. The molecule has 1 aromatic heterocycles. The molecule has 0 aliphatic carbocycles. The lowest BCUT2D eigenvalue weighted by atomic mass is 9.92. The molecule has 5 nitrogen and oxygen atoms in total. The molecule has 0 spiro atoms. The number of tetrazole rings is 1. The molecule has 2 aromatic rings. The van der Waals surface area contributed by atoms with E-state index in [4.69, 9.17) is 5.73 Å². The standard InChI is InChI=1S/C13H19N5/c1-13(2,3)7-8-18-12(15-16-17-18)10-5-4-6-11(14)9-10/h4-6,9H,7-8,14H2,1-3H3. The van der Waals surface area contributed by atoms with E-state index in [1.165, 1.54) is 0 Å². The molecule has 0 amide bonds. The molecule has 0 unspecified atom stereocenters. The van der Waals surface area contributed by atoms with Crippen molar-refractivity contribution in [2.45, 2.75) is 33.7 Å². The van der Waals surface area contributed by atoms with Crippen LogP contribution in [0.25, 0.3) is 11.4 Å². The minimum atomic E-state index is 0.263. The SMILES string of the molecule is CC(C)(C)CCn1nnnc1-c1cccc(N)c1. The first-order chi connectivity index (χ1) is 8.46. The summed E-state index contributed by atoms with van der Waals surface area (Å²) in [7, 11) is 0. The fourth-order valence-corrected chi connectivity index (χ4v) is 1.68. The number of nitrogens with two attached hydrogens (primary N) is 1. The Labute approximate surface area is 107 Å². The normalized spacial score (nSPS) is 11.7. The number of anilines is 1. The molecule has 0 aliphatic rings. The Morgan fingerprint density at radius 1 is 1.28 bits per heavy atom. The molecule has 2 N–H and O–H groups in total. The first kappa shape index (κ1) is 12.5. The van der Waals surface area contributed by atoms with E-state index in [-0.39, 0.29) is 5.41 Å². The van der Waals surface area contributed by atoms with Gasteiger partial charge in [-0.15, -0.1) is 5.10 Å². The smallest absolute Gasteiger partial charge is 0.182 e. The van der Waals surface area contributed by atoms with E-state index in [2.05, 4.69) is 36.3 Å². The molecule has 0 atom stereocenters. The predicted molar refractivity (Wildman–Crippen MR) is 71.7 cm³/mol. The maximum atomic E-state index is 5.78. The molecule has 0 radical (unpaired) electrons. The van der Waals surface area contributed by atoms with Crippen molar-refractivity contribution in [3.8, 4) is 11.4 Å². The van der Waals surface area contributed by atoms with Crippen LogP contribution in [0.4, 0.5) is 5.69 Å². The minimum absolute atomic E-state index is 0.263. The van der Waals surface area contributed by atoms with Gasteiger partial charge in [0.25, 0.3) is 0 Å². The van der Waals surface area contributed by atoms with Crippen LogP contribution in [0.15, 0.2) is 24.3 Å². The molecular formula is C13H19N5. The van der Waals surface area contributed by atoms with Crippen LogP contribution in [0, 0.1) is 5.41 Å². The Morgan fingerprint density at radius 3 is 2.72 bits per heavy atom. The summed E-state index contributed by atoms with van der Waals surface area (Å²) in [6.07, 6.45) is 1.02. The van der Waals surface area contributed by atoms with Gasteiger partial charge in [-0.3, -0.25) is 0 Å². The van der Waals surface area contributed by atoms with Crippen molar-refractivity contribution in [3.05, 3.63) is 24.3 Å². The highest BCUT2D eigenvalue weighted by Crippen LogP contribution is 2.22. The Kier molecular flexibility index (Phi) is 3.32. The molecule has 0 fully saturated rings. The topological polar surface area (TPSA) is 69.6 Å². The third-order valence-corrected chi connectivity index (χ3v) is 2.75. The summed E-state index contributed by atoms with van der Waals surface area (Å²) in [6.45, 7) is 7.42. The summed E-state index contributed by atoms with van der Waals surface area (Å²) in [4.78, 5) is 0. The van der Waals surface area contributed by atoms with Crippen molar-refractivity contribution in [2.24, 2.45) is 5.41 Å². The largest absolute Gasteiger partial charge is 0.399 e. The van der Waals surface area contributed by atoms with Gasteiger partial charge in [0.2, 0.25) is 0 Å². The van der Waals surface area contributed by atoms with E-state index in [0.717, 1.165) is 30.0 Å². The van der Waals surface area contributed by atoms with Crippen LogP contribution in [-0.2, 0) is 6.54 Å². The number of hydrogen-bond acceptors (Lipinski definition) is 4. The first-order valence-electron chi connectivity index (χ1n) is 6.08. The van der Waals surface area contributed by atoms with Crippen molar-refractivity contribution in [2.75, 3.05) is 5.73 Å². The quantitative estimate of drug-likeness (QED) is 0.843. The molecule has 1 heterocycles. The van der Waals surface area contributed by atoms with Gasteiger partial charge in [0.15, 0.2) is 5.82 Å². The van der Waals surface area contributed by atoms with Gasteiger partial charge in [0.05, 0.1) is 0 Å². The van der Waals surface area contributed by atoms with Crippen LogP contribution >= 0.6 is 0 Å². The molecule has 0 bridgehead atoms. The first-order valence-corrected chi connectivity index (χ1v) is 6.08. The van der Waals surface area contributed by atoms with Gasteiger partial charge in [-0.05, 0) is 34.4 Å². The monoisotopic (exact) mass is 245 g/mol. The summed E-state index contributed by atoms with van der Waals surface area (Å²) in [5, 5.41) is 11.9. The second kappa shape index (κ2) is 4.76. The van der Waals surface area contributed by atoms with Crippen molar-refractivity contribution in [3.63, 3.8) is 0 Å². The molecule has 2 rings (SSSR count). The molecule has 1 aromatic carbocycles. The number of rotatable bonds is 3. The van der Waals surface area contributed by atoms with Gasteiger partial charge in [0.1, 0.15) is 0 Å². The number of benzene rings is 1. The highest BCUT2D eigenvalue weighted by atomic mass is 15.5. The van der Waals surface area contributed by atoms with Crippen molar-refractivity contribution in [1.82, 2.24) is 20.2 Å². The molecule has 0 saturated carbocycles. The summed E-state index contributed by atoms with van der Waals surface area (Å²) >= 11 is 0. The van der Waals surface area contributed by atoms with Gasteiger partial charge >= 0.3 is 0 Å². The van der Waals surface area contributed by atoms with E-state index in [1.807, 2.05) is 28.9 Å². The summed E-state index contributed by atoms with van der Waals surface area (Å²) < 4.78 is 1.83. The molecular weight excluding hydrogens is 226 g/mol. The second-order valence-corrected chi connectivity index (χ2v) is 5.66. The van der Waals surface area contributed by atoms with Crippen LogP contribution < -0.4 is 5.73 Å². The average molecular weight is 245 g/mol. The zero-order chi connectivity index (χ0) is 13.2. The predicted octanol–water partition coefficient (Wildman–Crippen LogP) is 2.36. The van der Waals surface area contributed by atoms with Crippen molar-refractivity contribution >= 4 is 5.69 Å². The van der Waals surface area contributed by atoms with E-state index in [1.54, 1.807) is 0 Å². The number of aromatic nitrogens is 4. The van der Waals surface area contributed by atoms with Gasteiger partial charge < -0.3 is 5.73 Å². The lowest BCUT2D eigenvalue weighted by Gasteiger charge is -2.17. The van der Waals surface area contributed by atoms with Crippen LogP contribution in [0.3, 0.4) is 0 Å². The van der Waals surface area contributed by atoms with Gasteiger partial charge in [0, 0.05) is 17.8 Å². The van der Waals surface area contributed by atoms with E-state index in [9.17, 15) is 0 Å². The fourth-order valence-electron chi connectivity index (χ4n) is 1.68. The highest BCUT2D eigenvalue weighted by molar-refractivity contribution is 5.60. The van der Waals surface area contributed by atoms with Crippen LogP contribution in [0.2, 0.25) is 0 Å². The summed E-state index contributed by atoms with van der Waals surface area (Å²) in [6, 6.07) is 7.62. The number of hydrogen-bond donors (Lipinski definition) is 1. The molecule has 5 heteroatoms. The van der Waals surface area contributed by atoms with E-state index in [0.29, 0.717) is 0 Å².